The zero-order chi connectivity index (χ0) is 10.0. The van der Waals surface area contributed by atoms with Gasteiger partial charge in [-0.25, -0.2) is 4.39 Å². The van der Waals surface area contributed by atoms with Gasteiger partial charge < -0.3 is 10.1 Å². The lowest BCUT2D eigenvalue weighted by atomic mass is 9.82. The molecular weight excluding hydrogens is 181 g/mol. The summed E-state index contributed by atoms with van der Waals surface area (Å²) < 4.78 is 19.8. The Balaban J connectivity index is 2.05. The Morgan fingerprint density at radius 2 is 2.21 bits per heavy atom. The van der Waals surface area contributed by atoms with Crippen molar-refractivity contribution in [2.75, 3.05) is 19.7 Å². The van der Waals surface area contributed by atoms with Crippen molar-refractivity contribution in [3.8, 4) is 0 Å². The van der Waals surface area contributed by atoms with Crippen molar-refractivity contribution in [3.63, 3.8) is 0 Å². The second-order valence-electron chi connectivity index (χ2n) is 4.31. The Bertz CT molecular complexity index is 231. The maximum Gasteiger partial charge on any atom is 0.167 e. The molecule has 0 amide bonds. The van der Waals surface area contributed by atoms with E-state index in [0.717, 1.165) is 32.4 Å². The molecule has 1 fully saturated rings. The van der Waals surface area contributed by atoms with Gasteiger partial charge in [-0.2, -0.15) is 0 Å². The molecule has 14 heavy (non-hydrogen) atoms. The molecule has 2 heterocycles. The van der Waals surface area contributed by atoms with Crippen molar-refractivity contribution in [2.45, 2.75) is 31.9 Å². The van der Waals surface area contributed by atoms with Gasteiger partial charge in [-0.05, 0) is 38.9 Å². The van der Waals surface area contributed by atoms with E-state index in [9.17, 15) is 4.39 Å². The molecule has 0 saturated carbocycles. The lowest BCUT2D eigenvalue weighted by Gasteiger charge is -2.33. The van der Waals surface area contributed by atoms with E-state index in [4.69, 9.17) is 4.74 Å². The standard InChI is InChI=1S/C11H18FNO/c1-11(12,10-3-2-8-14-10)9-4-6-13-7-5-9/h3,9,13H,2,4-8H2,1H3. The van der Waals surface area contributed by atoms with Gasteiger partial charge >= 0.3 is 0 Å². The van der Waals surface area contributed by atoms with Crippen LogP contribution in [-0.4, -0.2) is 25.4 Å². The number of ether oxygens (including phenoxy) is 1. The summed E-state index contributed by atoms with van der Waals surface area (Å²) in [4.78, 5) is 0. The minimum atomic E-state index is -1.25. The second-order valence-corrected chi connectivity index (χ2v) is 4.31. The first-order chi connectivity index (χ1) is 6.71. The summed E-state index contributed by atoms with van der Waals surface area (Å²) in [5, 5.41) is 3.25. The molecule has 3 heteroatoms. The van der Waals surface area contributed by atoms with Crippen LogP contribution in [0.1, 0.15) is 26.2 Å². The van der Waals surface area contributed by atoms with E-state index in [1.54, 1.807) is 6.92 Å². The van der Waals surface area contributed by atoms with E-state index >= 15 is 0 Å². The fourth-order valence-electron chi connectivity index (χ4n) is 2.32. The highest BCUT2D eigenvalue weighted by Crippen LogP contribution is 2.38. The van der Waals surface area contributed by atoms with Crippen LogP contribution in [-0.2, 0) is 4.74 Å². The molecule has 2 rings (SSSR count). The SMILES string of the molecule is CC(F)(C1=CCCO1)C1CCNCC1. The van der Waals surface area contributed by atoms with Gasteiger partial charge in [0, 0.05) is 12.3 Å². The van der Waals surface area contributed by atoms with Crippen LogP contribution in [0.4, 0.5) is 4.39 Å². The van der Waals surface area contributed by atoms with Crippen molar-refractivity contribution >= 4 is 0 Å². The fraction of sp³-hybridized carbons (Fsp3) is 0.818. The normalized spacial score (nSPS) is 28.0. The molecule has 2 aliphatic rings. The lowest BCUT2D eigenvalue weighted by Crippen LogP contribution is -2.40. The number of allylic oxidation sites excluding steroid dienone is 1. The van der Waals surface area contributed by atoms with Gasteiger partial charge in [-0.1, -0.05) is 0 Å². The zero-order valence-corrected chi connectivity index (χ0v) is 8.68. The van der Waals surface area contributed by atoms with Gasteiger partial charge in [0.25, 0.3) is 0 Å². The number of alkyl halides is 1. The van der Waals surface area contributed by atoms with Crippen LogP contribution in [0, 0.1) is 5.92 Å². The summed E-state index contributed by atoms with van der Waals surface area (Å²) in [5.41, 5.74) is -1.25. The summed E-state index contributed by atoms with van der Waals surface area (Å²) in [6.07, 6.45) is 4.59. The van der Waals surface area contributed by atoms with E-state index in [1.165, 1.54) is 0 Å². The van der Waals surface area contributed by atoms with Crippen LogP contribution in [0.5, 0.6) is 0 Å². The Labute approximate surface area is 84.5 Å². The van der Waals surface area contributed by atoms with Crippen molar-refractivity contribution in [1.29, 1.82) is 0 Å². The predicted molar refractivity (Wildman–Crippen MR) is 53.8 cm³/mol. The van der Waals surface area contributed by atoms with Crippen LogP contribution in [0.2, 0.25) is 0 Å². The molecule has 0 radical (unpaired) electrons. The molecule has 0 bridgehead atoms. The minimum absolute atomic E-state index is 0.119. The molecule has 2 aliphatic heterocycles. The number of rotatable bonds is 2. The number of nitrogens with one attached hydrogen (secondary N) is 1. The van der Waals surface area contributed by atoms with E-state index in [0.29, 0.717) is 12.4 Å². The van der Waals surface area contributed by atoms with Gasteiger partial charge in [-0.15, -0.1) is 0 Å². The van der Waals surface area contributed by atoms with Gasteiger partial charge in [0.15, 0.2) is 5.67 Å². The fourth-order valence-corrected chi connectivity index (χ4v) is 2.32. The molecule has 80 valence electrons. The zero-order valence-electron chi connectivity index (χ0n) is 8.68. The van der Waals surface area contributed by atoms with Crippen molar-refractivity contribution in [2.24, 2.45) is 5.92 Å². The third-order valence-corrected chi connectivity index (χ3v) is 3.29. The molecule has 0 spiro atoms. The number of piperidine rings is 1. The molecule has 0 aromatic heterocycles. The molecule has 0 aliphatic carbocycles. The van der Waals surface area contributed by atoms with Crippen molar-refractivity contribution in [3.05, 3.63) is 11.8 Å². The molecule has 2 nitrogen and oxygen atoms in total. The number of hydrogen-bond acceptors (Lipinski definition) is 2. The molecule has 1 unspecified atom stereocenters. The summed E-state index contributed by atoms with van der Waals surface area (Å²) in [5.74, 6) is 0.692. The minimum Gasteiger partial charge on any atom is -0.495 e. The first-order valence-corrected chi connectivity index (χ1v) is 5.44. The van der Waals surface area contributed by atoms with Gasteiger partial charge in [0.05, 0.1) is 6.61 Å². The molecule has 0 aromatic carbocycles. The summed E-state index contributed by atoms with van der Waals surface area (Å²) in [6.45, 7) is 4.18. The van der Waals surface area contributed by atoms with E-state index < -0.39 is 5.67 Å². The quantitative estimate of drug-likeness (QED) is 0.734. The molecule has 0 aromatic rings. The smallest absolute Gasteiger partial charge is 0.167 e. The van der Waals surface area contributed by atoms with Gasteiger partial charge in [0.1, 0.15) is 5.76 Å². The first-order valence-electron chi connectivity index (χ1n) is 5.44. The van der Waals surface area contributed by atoms with E-state index in [1.807, 2.05) is 6.08 Å². The Kier molecular flexibility index (Phi) is 2.77. The van der Waals surface area contributed by atoms with Crippen LogP contribution < -0.4 is 5.32 Å². The lowest BCUT2D eigenvalue weighted by molar-refractivity contribution is 0.0502. The monoisotopic (exact) mass is 199 g/mol. The Hall–Kier alpha value is -0.570. The number of halogens is 1. The predicted octanol–water partition coefficient (Wildman–Crippen LogP) is 2.02. The average molecular weight is 199 g/mol. The third-order valence-electron chi connectivity index (χ3n) is 3.29. The van der Waals surface area contributed by atoms with Gasteiger partial charge in [0.2, 0.25) is 0 Å². The highest BCUT2D eigenvalue weighted by Gasteiger charge is 2.40. The summed E-state index contributed by atoms with van der Waals surface area (Å²) in [7, 11) is 0. The van der Waals surface area contributed by atoms with Crippen molar-refractivity contribution < 1.29 is 9.13 Å². The Morgan fingerprint density at radius 1 is 1.50 bits per heavy atom. The third kappa shape index (κ3) is 1.78. The van der Waals surface area contributed by atoms with Gasteiger partial charge in [-0.3, -0.25) is 0 Å². The van der Waals surface area contributed by atoms with Crippen LogP contribution >= 0.6 is 0 Å². The topological polar surface area (TPSA) is 21.3 Å². The van der Waals surface area contributed by atoms with Crippen molar-refractivity contribution in [1.82, 2.24) is 5.32 Å². The average Bonchev–Trinajstić information content (AvgIpc) is 2.72. The summed E-state index contributed by atoms with van der Waals surface area (Å²) in [6, 6.07) is 0. The first kappa shape index (κ1) is 9.97. The maximum absolute atomic E-state index is 14.5. The Morgan fingerprint density at radius 3 is 2.79 bits per heavy atom. The number of hydrogen-bond donors (Lipinski definition) is 1. The summed E-state index contributed by atoms with van der Waals surface area (Å²) >= 11 is 0. The second kappa shape index (κ2) is 3.89. The molecular formula is C11H18FNO. The molecule has 1 atom stereocenters. The van der Waals surface area contributed by atoms with Crippen LogP contribution in [0.15, 0.2) is 11.8 Å². The highest BCUT2D eigenvalue weighted by atomic mass is 19.1. The highest BCUT2D eigenvalue weighted by molar-refractivity contribution is 5.14. The van der Waals surface area contributed by atoms with E-state index in [-0.39, 0.29) is 5.92 Å². The van der Waals surface area contributed by atoms with E-state index in [2.05, 4.69) is 5.32 Å². The largest absolute Gasteiger partial charge is 0.495 e. The van der Waals surface area contributed by atoms with Crippen LogP contribution in [0.25, 0.3) is 0 Å². The maximum atomic E-state index is 14.5. The van der Waals surface area contributed by atoms with Crippen LogP contribution in [0.3, 0.4) is 0 Å². The molecule has 1 saturated heterocycles. The molecule has 1 N–H and O–H groups in total.